The minimum Gasteiger partial charge on any atom is -0.423 e. The third-order valence-corrected chi connectivity index (χ3v) is 5.56. The van der Waals surface area contributed by atoms with Crippen molar-refractivity contribution in [3.05, 3.63) is 108 Å². The highest BCUT2D eigenvalue weighted by molar-refractivity contribution is 6.02. The molecule has 190 valence electrons. The second-order valence-corrected chi connectivity index (χ2v) is 8.32. The molecule has 0 aromatic heterocycles. The van der Waals surface area contributed by atoms with Gasteiger partial charge in [-0.2, -0.15) is 0 Å². The number of carbonyl (C=O) groups excluding carboxylic acids is 3. The first-order chi connectivity index (χ1) is 17.6. The Labute approximate surface area is 215 Å². The van der Waals surface area contributed by atoms with Crippen LogP contribution in [0.2, 0.25) is 0 Å². The lowest BCUT2D eigenvalue weighted by Gasteiger charge is -2.30. The lowest BCUT2D eigenvalue weighted by Crippen LogP contribution is -2.40. The number of Topliss-reactive ketones (excluding diaryl/α,β-unsaturated/α-hetero) is 1. The molecule has 0 saturated heterocycles. The largest absolute Gasteiger partial charge is 0.423 e. The van der Waals surface area contributed by atoms with E-state index in [2.05, 4.69) is 13.2 Å². The number of esters is 2. The molecular weight excluding hydrogens is 472 g/mol. The molecule has 0 aliphatic rings. The number of hydrogen-bond acceptors (Lipinski definition) is 7. The van der Waals surface area contributed by atoms with Gasteiger partial charge in [-0.15, -0.1) is 0 Å². The van der Waals surface area contributed by atoms with Gasteiger partial charge in [-0.05, 0) is 61.4 Å². The van der Waals surface area contributed by atoms with Crippen LogP contribution >= 0.6 is 0 Å². The molecule has 0 N–H and O–H groups in total. The summed E-state index contributed by atoms with van der Waals surface area (Å²) in [5, 5.41) is 0. The number of carbonyl (C=O) groups is 3. The quantitative estimate of drug-likeness (QED) is 0.117. The Balaban J connectivity index is 1.81. The molecule has 0 aliphatic heterocycles. The number of ketones is 1. The minimum absolute atomic E-state index is 0.271. The Morgan fingerprint density at radius 3 is 1.38 bits per heavy atom. The van der Waals surface area contributed by atoms with E-state index in [9.17, 15) is 14.4 Å². The third-order valence-electron chi connectivity index (χ3n) is 5.56. The molecule has 7 heteroatoms. The molecule has 7 nitrogen and oxygen atoms in total. The van der Waals surface area contributed by atoms with Crippen molar-refractivity contribution in [3.8, 4) is 22.6 Å². The van der Waals surface area contributed by atoms with Crippen LogP contribution in [0.3, 0.4) is 0 Å². The Morgan fingerprint density at radius 1 is 0.622 bits per heavy atom. The lowest BCUT2D eigenvalue weighted by molar-refractivity contribution is -0.176. The molecule has 3 aromatic rings. The van der Waals surface area contributed by atoms with Crippen molar-refractivity contribution in [1.82, 2.24) is 0 Å². The SMILES string of the molecule is C=C(C)C(=O)Oc1ccc(-c2ccc(C(=O)C(OC)(OC)c3ccc(OC(=O)C(=C)C)cc3)cc2)cc1. The molecule has 3 rings (SSSR count). The van der Waals surface area contributed by atoms with Gasteiger partial charge in [-0.25, -0.2) is 9.59 Å². The smallest absolute Gasteiger partial charge is 0.338 e. The molecule has 0 aliphatic carbocycles. The van der Waals surface area contributed by atoms with Gasteiger partial charge in [0.05, 0.1) is 0 Å². The molecular formula is C30H28O7. The van der Waals surface area contributed by atoms with Gasteiger partial charge in [-0.3, -0.25) is 4.79 Å². The van der Waals surface area contributed by atoms with Crippen molar-refractivity contribution in [3.63, 3.8) is 0 Å². The van der Waals surface area contributed by atoms with Gasteiger partial charge in [0.2, 0.25) is 5.78 Å². The van der Waals surface area contributed by atoms with E-state index in [-0.39, 0.29) is 5.57 Å². The van der Waals surface area contributed by atoms with E-state index in [0.29, 0.717) is 28.2 Å². The van der Waals surface area contributed by atoms with Crippen molar-refractivity contribution in [2.75, 3.05) is 14.2 Å². The van der Waals surface area contributed by atoms with E-state index < -0.39 is 23.5 Å². The predicted molar refractivity (Wildman–Crippen MR) is 139 cm³/mol. The molecule has 0 saturated carbocycles. The highest BCUT2D eigenvalue weighted by Crippen LogP contribution is 2.33. The van der Waals surface area contributed by atoms with Crippen molar-refractivity contribution >= 4 is 17.7 Å². The standard InChI is InChI=1S/C30H28O7/c1-19(2)28(32)36-25-15-11-22(12-16-25)21-7-9-23(10-8-21)27(31)30(34-5,35-6)24-13-17-26(18-14-24)37-29(33)20(3)4/h7-18H,1,3H2,2,4-6H3. The third kappa shape index (κ3) is 6.09. The van der Waals surface area contributed by atoms with E-state index in [1.54, 1.807) is 74.5 Å². The Morgan fingerprint density at radius 2 is 1.00 bits per heavy atom. The molecule has 0 radical (unpaired) electrons. The summed E-state index contributed by atoms with van der Waals surface area (Å²) >= 11 is 0. The normalized spacial score (nSPS) is 10.9. The van der Waals surface area contributed by atoms with Gasteiger partial charge in [0.15, 0.2) is 0 Å². The highest BCUT2D eigenvalue weighted by atomic mass is 16.7. The van der Waals surface area contributed by atoms with Crippen LogP contribution in [-0.2, 0) is 24.8 Å². The van der Waals surface area contributed by atoms with Gasteiger partial charge in [0.1, 0.15) is 11.5 Å². The maximum absolute atomic E-state index is 13.5. The van der Waals surface area contributed by atoms with Gasteiger partial charge in [-0.1, -0.05) is 49.6 Å². The van der Waals surface area contributed by atoms with Gasteiger partial charge in [0, 0.05) is 36.5 Å². The number of methoxy groups -OCH3 is 2. The van der Waals surface area contributed by atoms with Crippen molar-refractivity contribution in [1.29, 1.82) is 0 Å². The molecule has 37 heavy (non-hydrogen) atoms. The first-order valence-electron chi connectivity index (χ1n) is 11.3. The summed E-state index contributed by atoms with van der Waals surface area (Å²) in [6.45, 7) is 10.3. The maximum atomic E-state index is 13.5. The average Bonchev–Trinajstić information content (AvgIpc) is 2.90. The van der Waals surface area contributed by atoms with Crippen LogP contribution in [0.25, 0.3) is 11.1 Å². The Hall–Kier alpha value is -4.33. The fourth-order valence-corrected chi connectivity index (χ4v) is 3.49. The summed E-state index contributed by atoms with van der Waals surface area (Å²) in [6, 6.07) is 20.3. The molecule has 0 unspecified atom stereocenters. The number of rotatable bonds is 10. The molecule has 0 amide bonds. The van der Waals surface area contributed by atoms with Crippen LogP contribution in [0.15, 0.2) is 97.1 Å². The fourth-order valence-electron chi connectivity index (χ4n) is 3.49. The number of ether oxygens (including phenoxy) is 4. The Bertz CT molecular complexity index is 1310. The van der Waals surface area contributed by atoms with Crippen LogP contribution in [0.4, 0.5) is 0 Å². The summed E-state index contributed by atoms with van der Waals surface area (Å²) < 4.78 is 21.6. The van der Waals surface area contributed by atoms with Crippen molar-refractivity contribution in [2.45, 2.75) is 19.6 Å². The summed E-state index contributed by atoms with van der Waals surface area (Å²) in [5.74, 6) is -2.43. The van der Waals surface area contributed by atoms with Crippen LogP contribution in [0.1, 0.15) is 29.8 Å². The van der Waals surface area contributed by atoms with Gasteiger partial charge < -0.3 is 18.9 Å². The van der Waals surface area contributed by atoms with E-state index in [4.69, 9.17) is 18.9 Å². The van der Waals surface area contributed by atoms with Crippen LogP contribution < -0.4 is 9.47 Å². The minimum atomic E-state index is -1.70. The second kappa shape index (κ2) is 11.6. The molecule has 0 fully saturated rings. The van der Waals surface area contributed by atoms with Crippen molar-refractivity contribution in [2.24, 2.45) is 0 Å². The zero-order valence-electron chi connectivity index (χ0n) is 21.2. The zero-order chi connectivity index (χ0) is 27.2. The number of hydrogen-bond donors (Lipinski definition) is 0. The van der Waals surface area contributed by atoms with Gasteiger partial charge in [0.25, 0.3) is 5.79 Å². The maximum Gasteiger partial charge on any atom is 0.338 e. The number of benzene rings is 3. The predicted octanol–water partition coefficient (Wildman–Crippen LogP) is 5.65. The van der Waals surface area contributed by atoms with E-state index in [1.807, 2.05) is 12.1 Å². The molecule has 0 spiro atoms. The Kier molecular flexibility index (Phi) is 8.55. The highest BCUT2D eigenvalue weighted by Gasteiger charge is 2.41. The molecule has 0 bridgehead atoms. The summed E-state index contributed by atoms with van der Waals surface area (Å²) in [7, 11) is 2.76. The van der Waals surface area contributed by atoms with Crippen molar-refractivity contribution < 1.29 is 33.3 Å². The van der Waals surface area contributed by atoms with E-state index >= 15 is 0 Å². The molecule has 0 heterocycles. The molecule has 3 aromatic carbocycles. The average molecular weight is 501 g/mol. The monoisotopic (exact) mass is 500 g/mol. The lowest BCUT2D eigenvalue weighted by atomic mass is 9.94. The van der Waals surface area contributed by atoms with Crippen LogP contribution in [0, 0.1) is 0 Å². The topological polar surface area (TPSA) is 88.1 Å². The van der Waals surface area contributed by atoms with E-state index in [1.165, 1.54) is 14.2 Å². The first-order valence-corrected chi connectivity index (χ1v) is 11.3. The van der Waals surface area contributed by atoms with Crippen LogP contribution in [-0.4, -0.2) is 31.9 Å². The summed E-state index contributed by atoms with van der Waals surface area (Å²) in [4.78, 5) is 37.0. The second-order valence-electron chi connectivity index (χ2n) is 8.32. The van der Waals surface area contributed by atoms with E-state index in [0.717, 1.165) is 11.1 Å². The van der Waals surface area contributed by atoms with Crippen LogP contribution in [0.5, 0.6) is 11.5 Å². The summed E-state index contributed by atoms with van der Waals surface area (Å²) in [5.41, 5.74) is 3.12. The molecule has 0 atom stereocenters. The first kappa shape index (κ1) is 27.3. The summed E-state index contributed by atoms with van der Waals surface area (Å²) in [6.07, 6.45) is 0. The van der Waals surface area contributed by atoms with Gasteiger partial charge >= 0.3 is 11.9 Å². The fraction of sp³-hybridized carbons (Fsp3) is 0.167. The zero-order valence-corrected chi connectivity index (χ0v) is 21.2.